The number of hydrogen-bond acceptors (Lipinski definition) is 3. The Morgan fingerprint density at radius 1 is 1.26 bits per heavy atom. The average Bonchev–Trinajstić information content (AvgIpc) is 2.42. The van der Waals surface area contributed by atoms with Crippen molar-refractivity contribution in [2.24, 2.45) is 0 Å². The number of carbonyl (C=O) groups excluding carboxylic acids is 1. The largest absolute Gasteiger partial charge is 0.462 e. The molecule has 98 valence electrons. The summed E-state index contributed by atoms with van der Waals surface area (Å²) in [4.78, 5) is 10.7. The van der Waals surface area contributed by atoms with Gasteiger partial charge in [-0.1, -0.05) is 30.3 Å². The molecule has 2 aromatic carbocycles. The third-order valence-electron chi connectivity index (χ3n) is 2.87. The summed E-state index contributed by atoms with van der Waals surface area (Å²) >= 11 is 0. The van der Waals surface area contributed by atoms with Gasteiger partial charge in [0.25, 0.3) is 0 Å². The Bertz CT molecular complexity index is 617. The van der Waals surface area contributed by atoms with Crippen molar-refractivity contribution in [3.05, 3.63) is 48.0 Å². The van der Waals surface area contributed by atoms with Gasteiger partial charge in [0.1, 0.15) is 6.61 Å². The predicted molar refractivity (Wildman–Crippen MR) is 79.2 cm³/mol. The van der Waals surface area contributed by atoms with Crippen LogP contribution >= 0.6 is 0 Å². The van der Waals surface area contributed by atoms with E-state index in [0.29, 0.717) is 6.61 Å². The number of hydrogen-bond donors (Lipinski definition) is 1. The molecule has 0 amide bonds. The molecule has 3 heteroatoms. The van der Waals surface area contributed by atoms with Gasteiger partial charge in [-0.15, -0.1) is 0 Å². The van der Waals surface area contributed by atoms with Crippen molar-refractivity contribution in [2.45, 2.75) is 6.92 Å². The maximum atomic E-state index is 10.7. The molecule has 0 unspecified atom stereocenters. The van der Waals surface area contributed by atoms with Crippen molar-refractivity contribution in [3.8, 4) is 0 Å². The average molecular weight is 255 g/mol. The fraction of sp³-hybridized carbons (Fsp3) is 0.188. The number of anilines is 1. The Kier molecular flexibility index (Phi) is 4.18. The zero-order chi connectivity index (χ0) is 13.7. The minimum atomic E-state index is -0.267. The monoisotopic (exact) mass is 255 g/mol. The Hall–Kier alpha value is -2.29. The quantitative estimate of drug-likeness (QED) is 0.850. The third kappa shape index (κ3) is 3.35. The van der Waals surface area contributed by atoms with E-state index in [9.17, 15) is 4.79 Å². The Balaban J connectivity index is 2.28. The molecule has 0 heterocycles. The molecule has 0 aliphatic rings. The molecular formula is C16H17NO2. The van der Waals surface area contributed by atoms with Crippen molar-refractivity contribution in [3.63, 3.8) is 0 Å². The minimum Gasteiger partial charge on any atom is -0.462 e. The Morgan fingerprint density at radius 3 is 2.58 bits per heavy atom. The van der Waals surface area contributed by atoms with E-state index in [1.54, 1.807) is 0 Å². The highest BCUT2D eigenvalue weighted by molar-refractivity contribution is 5.90. The van der Waals surface area contributed by atoms with E-state index in [4.69, 9.17) is 4.74 Å². The van der Waals surface area contributed by atoms with E-state index >= 15 is 0 Å². The van der Waals surface area contributed by atoms with Gasteiger partial charge in [-0.05, 0) is 34.5 Å². The summed E-state index contributed by atoms with van der Waals surface area (Å²) < 4.78 is 4.88. The Labute approximate surface area is 112 Å². The summed E-state index contributed by atoms with van der Waals surface area (Å²) in [6, 6.07) is 12.4. The first-order chi connectivity index (χ1) is 9.20. The maximum Gasteiger partial charge on any atom is 0.302 e. The summed E-state index contributed by atoms with van der Waals surface area (Å²) in [7, 11) is 1.90. The van der Waals surface area contributed by atoms with Gasteiger partial charge >= 0.3 is 5.97 Å². The van der Waals surface area contributed by atoms with Crippen LogP contribution in [0.1, 0.15) is 12.5 Å². The van der Waals surface area contributed by atoms with Crippen LogP contribution in [0, 0.1) is 0 Å². The van der Waals surface area contributed by atoms with Crippen LogP contribution in [-0.2, 0) is 9.53 Å². The van der Waals surface area contributed by atoms with Crippen LogP contribution in [-0.4, -0.2) is 19.6 Å². The lowest BCUT2D eigenvalue weighted by Gasteiger charge is -2.08. The molecule has 3 nitrogen and oxygen atoms in total. The van der Waals surface area contributed by atoms with Crippen molar-refractivity contribution >= 4 is 28.5 Å². The van der Waals surface area contributed by atoms with Gasteiger partial charge in [0.05, 0.1) is 0 Å². The zero-order valence-electron chi connectivity index (χ0n) is 11.1. The standard InChI is InChI=1S/C16H17NO2/c1-12(18)19-9-5-8-15-10-13-6-3-4-7-14(13)11-16(15)17-2/h3-8,10-11,17H,9H2,1-2H3/b8-5+. The number of esters is 1. The molecule has 0 bridgehead atoms. The van der Waals surface area contributed by atoms with Crippen molar-refractivity contribution in [1.29, 1.82) is 0 Å². The molecule has 1 N–H and O–H groups in total. The van der Waals surface area contributed by atoms with Crippen molar-refractivity contribution < 1.29 is 9.53 Å². The fourth-order valence-corrected chi connectivity index (χ4v) is 1.95. The lowest BCUT2D eigenvalue weighted by Crippen LogP contribution is -1.97. The maximum absolute atomic E-state index is 10.7. The van der Waals surface area contributed by atoms with E-state index in [0.717, 1.165) is 11.3 Å². The third-order valence-corrected chi connectivity index (χ3v) is 2.87. The van der Waals surface area contributed by atoms with Crippen LogP contribution in [0.3, 0.4) is 0 Å². The first-order valence-corrected chi connectivity index (χ1v) is 6.21. The second-order valence-electron chi connectivity index (χ2n) is 4.24. The van der Waals surface area contributed by atoms with E-state index in [1.807, 2.05) is 31.3 Å². The first-order valence-electron chi connectivity index (χ1n) is 6.21. The first kappa shape index (κ1) is 13.1. The number of fused-ring (bicyclic) bond motifs is 1. The number of rotatable bonds is 4. The van der Waals surface area contributed by atoms with Crippen LogP contribution in [0.15, 0.2) is 42.5 Å². The number of benzene rings is 2. The molecule has 0 spiro atoms. The summed E-state index contributed by atoms with van der Waals surface area (Å²) in [5, 5.41) is 5.57. The van der Waals surface area contributed by atoms with E-state index in [-0.39, 0.29) is 5.97 Å². The second-order valence-corrected chi connectivity index (χ2v) is 4.24. The van der Waals surface area contributed by atoms with Crippen LogP contribution in [0.25, 0.3) is 16.8 Å². The SMILES string of the molecule is CNc1cc2ccccc2cc1/C=C/COC(C)=O. The highest BCUT2D eigenvalue weighted by Crippen LogP contribution is 2.24. The van der Waals surface area contributed by atoms with Gasteiger partial charge < -0.3 is 10.1 Å². The van der Waals surface area contributed by atoms with Gasteiger partial charge in [0.15, 0.2) is 0 Å². The normalized spacial score (nSPS) is 10.8. The molecule has 0 atom stereocenters. The molecule has 19 heavy (non-hydrogen) atoms. The highest BCUT2D eigenvalue weighted by Gasteiger charge is 2.00. The summed E-state index contributed by atoms with van der Waals surface area (Å²) in [6.07, 6.45) is 3.80. The van der Waals surface area contributed by atoms with E-state index in [1.165, 1.54) is 17.7 Å². The van der Waals surface area contributed by atoms with Crippen LogP contribution in [0.2, 0.25) is 0 Å². The fourth-order valence-electron chi connectivity index (χ4n) is 1.95. The molecule has 0 aliphatic carbocycles. The van der Waals surface area contributed by atoms with Crippen LogP contribution in [0.5, 0.6) is 0 Å². The van der Waals surface area contributed by atoms with Gasteiger partial charge in [0.2, 0.25) is 0 Å². The lowest BCUT2D eigenvalue weighted by atomic mass is 10.0. The van der Waals surface area contributed by atoms with Gasteiger partial charge in [-0.2, -0.15) is 0 Å². The van der Waals surface area contributed by atoms with E-state index in [2.05, 4.69) is 29.6 Å². The van der Waals surface area contributed by atoms with Gasteiger partial charge in [0, 0.05) is 19.7 Å². The second kappa shape index (κ2) is 6.05. The van der Waals surface area contributed by atoms with Crippen molar-refractivity contribution in [2.75, 3.05) is 19.0 Å². The topological polar surface area (TPSA) is 38.3 Å². The molecular weight excluding hydrogens is 238 g/mol. The number of ether oxygens (including phenoxy) is 1. The molecule has 2 aromatic rings. The van der Waals surface area contributed by atoms with E-state index < -0.39 is 0 Å². The zero-order valence-corrected chi connectivity index (χ0v) is 11.1. The number of carbonyl (C=O) groups is 1. The number of nitrogens with one attached hydrogen (secondary N) is 1. The molecule has 0 saturated carbocycles. The van der Waals surface area contributed by atoms with Gasteiger partial charge in [-0.3, -0.25) is 4.79 Å². The lowest BCUT2D eigenvalue weighted by molar-refractivity contribution is -0.139. The Morgan fingerprint density at radius 2 is 1.95 bits per heavy atom. The predicted octanol–water partition coefficient (Wildman–Crippen LogP) is 3.46. The smallest absolute Gasteiger partial charge is 0.302 e. The molecule has 0 saturated heterocycles. The van der Waals surface area contributed by atoms with Gasteiger partial charge in [-0.25, -0.2) is 0 Å². The molecule has 0 fully saturated rings. The summed E-state index contributed by atoms with van der Waals surface area (Å²) in [6.45, 7) is 1.70. The van der Waals surface area contributed by atoms with Crippen LogP contribution < -0.4 is 5.32 Å². The summed E-state index contributed by atoms with van der Waals surface area (Å²) in [5.74, 6) is -0.267. The molecule has 0 aliphatic heterocycles. The molecule has 2 rings (SSSR count). The highest BCUT2D eigenvalue weighted by atomic mass is 16.5. The minimum absolute atomic E-state index is 0.267. The summed E-state index contributed by atoms with van der Waals surface area (Å²) in [5.41, 5.74) is 2.13. The van der Waals surface area contributed by atoms with Crippen molar-refractivity contribution in [1.82, 2.24) is 0 Å². The van der Waals surface area contributed by atoms with Crippen LogP contribution in [0.4, 0.5) is 5.69 Å². The molecule has 0 aromatic heterocycles. The molecule has 0 radical (unpaired) electrons.